The zero-order valence-corrected chi connectivity index (χ0v) is 20.3. The SMILES string of the molecule is CC(C)CS(=O)(=O)c1cc(NC(=O)OC(C)(C)C)cc(C2=CN=C(NC(C)C)C(=O)[N]2)c1. The lowest BCUT2D eigenvalue weighted by Crippen LogP contribution is -2.41. The van der Waals surface area contributed by atoms with Crippen molar-refractivity contribution in [2.24, 2.45) is 10.9 Å². The second kappa shape index (κ2) is 9.72. The molecule has 0 atom stereocenters. The summed E-state index contributed by atoms with van der Waals surface area (Å²) < 4.78 is 31.0. The summed E-state index contributed by atoms with van der Waals surface area (Å²) in [6.07, 6.45) is 0.659. The van der Waals surface area contributed by atoms with Crippen molar-refractivity contribution in [3.05, 3.63) is 30.0 Å². The molecular formula is C22H31N4O5S. The second-order valence-corrected chi connectivity index (χ2v) is 11.3. The van der Waals surface area contributed by atoms with E-state index >= 15 is 0 Å². The molecule has 1 heterocycles. The number of hydrogen-bond acceptors (Lipinski definition) is 7. The molecule has 2 N–H and O–H groups in total. The van der Waals surface area contributed by atoms with E-state index in [9.17, 15) is 18.0 Å². The zero-order chi connectivity index (χ0) is 24.3. The molecule has 9 nitrogen and oxygen atoms in total. The van der Waals surface area contributed by atoms with Crippen molar-refractivity contribution in [2.75, 3.05) is 11.1 Å². The molecule has 0 saturated heterocycles. The van der Waals surface area contributed by atoms with Crippen molar-refractivity contribution >= 4 is 39.1 Å². The normalized spacial score (nSPS) is 14.6. The molecule has 1 aromatic rings. The molecule has 2 rings (SSSR count). The number of nitrogens with zero attached hydrogens (tertiary/aromatic N) is 2. The van der Waals surface area contributed by atoms with E-state index in [1.54, 1.807) is 34.6 Å². The molecular weight excluding hydrogens is 432 g/mol. The Balaban J connectivity index is 2.49. The summed E-state index contributed by atoms with van der Waals surface area (Å²) in [6.45, 7) is 12.5. The third-order valence-electron chi connectivity index (χ3n) is 3.93. The van der Waals surface area contributed by atoms with Crippen molar-refractivity contribution in [1.82, 2.24) is 10.6 Å². The minimum Gasteiger partial charge on any atom is -0.444 e. The van der Waals surface area contributed by atoms with E-state index in [2.05, 4.69) is 20.9 Å². The lowest BCUT2D eigenvalue weighted by molar-refractivity contribution is -0.114. The Morgan fingerprint density at radius 2 is 1.78 bits per heavy atom. The standard InChI is InChI=1S/C22H31N4O5S/c1-13(2)12-32(29,30)17-9-15(8-16(10-17)25-21(28)31-22(5,6)7)18-11-23-19(20(27)26-18)24-14(3)4/h8-11,13-14H,12H2,1-7H3,(H,23,24)(H,25,28). The Bertz CT molecular complexity index is 1050. The van der Waals surface area contributed by atoms with Gasteiger partial charge in [-0.2, -0.15) is 0 Å². The van der Waals surface area contributed by atoms with Gasteiger partial charge in [-0.1, -0.05) is 13.8 Å². The monoisotopic (exact) mass is 463 g/mol. The fourth-order valence-corrected chi connectivity index (χ4v) is 4.52. The quantitative estimate of drug-likeness (QED) is 0.666. The Labute approximate surface area is 189 Å². The summed E-state index contributed by atoms with van der Waals surface area (Å²) in [5.41, 5.74) is 0.00797. The van der Waals surface area contributed by atoms with Gasteiger partial charge in [0.25, 0.3) is 0 Å². The van der Waals surface area contributed by atoms with E-state index < -0.39 is 27.4 Å². The molecule has 0 aromatic heterocycles. The number of carbonyl (C=O) groups excluding carboxylic acids is 2. The summed E-state index contributed by atoms with van der Waals surface area (Å²) in [5.74, 6) is -0.619. The summed E-state index contributed by atoms with van der Waals surface area (Å²) in [7, 11) is -3.65. The molecule has 0 fully saturated rings. The van der Waals surface area contributed by atoms with Gasteiger partial charge in [-0.25, -0.2) is 23.5 Å². The average Bonchev–Trinajstić information content (AvgIpc) is 2.60. The van der Waals surface area contributed by atoms with Crippen molar-refractivity contribution in [3.8, 4) is 0 Å². The first-order valence-corrected chi connectivity index (χ1v) is 12.0. The molecule has 1 radical (unpaired) electrons. The summed E-state index contributed by atoms with van der Waals surface area (Å²) in [5, 5.41) is 9.52. The highest BCUT2D eigenvalue weighted by Crippen LogP contribution is 2.27. The number of amidine groups is 1. The second-order valence-electron chi connectivity index (χ2n) is 9.26. The molecule has 0 aliphatic carbocycles. The number of hydrogen-bond donors (Lipinski definition) is 2. The molecule has 0 saturated carbocycles. The van der Waals surface area contributed by atoms with Gasteiger partial charge in [0, 0.05) is 17.3 Å². The fraction of sp³-hybridized carbons (Fsp3) is 0.500. The van der Waals surface area contributed by atoms with Crippen LogP contribution in [-0.4, -0.2) is 43.6 Å². The van der Waals surface area contributed by atoms with Gasteiger partial charge in [-0.15, -0.1) is 0 Å². The van der Waals surface area contributed by atoms with Crippen molar-refractivity contribution in [1.29, 1.82) is 0 Å². The van der Waals surface area contributed by atoms with Gasteiger partial charge in [0.05, 0.1) is 22.5 Å². The van der Waals surface area contributed by atoms with Gasteiger partial charge < -0.3 is 10.1 Å². The maximum atomic E-state index is 12.9. The van der Waals surface area contributed by atoms with E-state index in [4.69, 9.17) is 4.74 Å². The van der Waals surface area contributed by atoms with Gasteiger partial charge in [0.2, 0.25) is 0 Å². The molecule has 0 spiro atoms. The minimum atomic E-state index is -3.65. The maximum absolute atomic E-state index is 12.9. The topological polar surface area (TPSA) is 128 Å². The summed E-state index contributed by atoms with van der Waals surface area (Å²) in [6, 6.07) is 4.32. The van der Waals surface area contributed by atoms with Crippen molar-refractivity contribution in [2.45, 2.75) is 65.0 Å². The summed E-state index contributed by atoms with van der Waals surface area (Å²) in [4.78, 5) is 28.7. The predicted octanol–water partition coefficient (Wildman–Crippen LogP) is 3.30. The first-order valence-electron chi connectivity index (χ1n) is 10.3. The van der Waals surface area contributed by atoms with E-state index in [-0.39, 0.29) is 39.8 Å². The summed E-state index contributed by atoms with van der Waals surface area (Å²) >= 11 is 0. The first kappa shape index (κ1) is 25.4. The molecule has 32 heavy (non-hydrogen) atoms. The highest BCUT2D eigenvalue weighted by molar-refractivity contribution is 7.91. The Morgan fingerprint density at radius 1 is 1.12 bits per heavy atom. The fourth-order valence-electron chi connectivity index (χ4n) is 2.84. The van der Waals surface area contributed by atoms with Gasteiger partial charge in [-0.3, -0.25) is 10.1 Å². The van der Waals surface area contributed by atoms with E-state index in [1.807, 2.05) is 13.8 Å². The highest BCUT2D eigenvalue weighted by atomic mass is 32.2. The maximum Gasteiger partial charge on any atom is 0.412 e. The molecule has 0 unspecified atom stereocenters. The van der Waals surface area contributed by atoms with Crippen LogP contribution in [0, 0.1) is 5.92 Å². The van der Waals surface area contributed by atoms with Crippen LogP contribution >= 0.6 is 0 Å². The number of rotatable bonds is 6. The number of anilines is 1. The van der Waals surface area contributed by atoms with Crippen LogP contribution in [0.4, 0.5) is 10.5 Å². The molecule has 1 aliphatic rings. The minimum absolute atomic E-state index is 0.00279. The Hall–Kier alpha value is -2.88. The number of benzene rings is 1. The van der Waals surface area contributed by atoms with E-state index in [0.717, 1.165) is 0 Å². The first-order chi connectivity index (χ1) is 14.7. The average molecular weight is 464 g/mol. The third kappa shape index (κ3) is 7.37. The van der Waals surface area contributed by atoms with E-state index in [0.29, 0.717) is 5.56 Å². The lowest BCUT2D eigenvalue weighted by Gasteiger charge is -2.20. The highest BCUT2D eigenvalue weighted by Gasteiger charge is 2.24. The van der Waals surface area contributed by atoms with Crippen LogP contribution in [0.2, 0.25) is 0 Å². The molecule has 10 heteroatoms. The van der Waals surface area contributed by atoms with Crippen LogP contribution in [0.3, 0.4) is 0 Å². The van der Waals surface area contributed by atoms with Gasteiger partial charge in [-0.05, 0) is 58.7 Å². The van der Waals surface area contributed by atoms with Crippen LogP contribution in [0.1, 0.15) is 54.0 Å². The number of nitrogens with one attached hydrogen (secondary N) is 2. The molecule has 0 bridgehead atoms. The molecule has 2 amide bonds. The number of aliphatic imine (C=N–C) groups is 1. The van der Waals surface area contributed by atoms with Crippen LogP contribution in [-0.2, 0) is 19.4 Å². The number of ether oxygens (including phenoxy) is 1. The van der Waals surface area contributed by atoms with E-state index in [1.165, 1.54) is 24.4 Å². The van der Waals surface area contributed by atoms with Crippen LogP contribution in [0.15, 0.2) is 34.3 Å². The molecule has 1 aromatic carbocycles. The molecule has 175 valence electrons. The largest absolute Gasteiger partial charge is 0.444 e. The smallest absolute Gasteiger partial charge is 0.412 e. The number of amides is 2. The van der Waals surface area contributed by atoms with Crippen molar-refractivity contribution in [3.63, 3.8) is 0 Å². The Morgan fingerprint density at radius 3 is 2.31 bits per heavy atom. The van der Waals surface area contributed by atoms with Crippen molar-refractivity contribution < 1.29 is 22.7 Å². The van der Waals surface area contributed by atoms with Crippen LogP contribution in [0.25, 0.3) is 5.70 Å². The van der Waals surface area contributed by atoms with Gasteiger partial charge in [0.15, 0.2) is 15.7 Å². The molecule has 1 aliphatic heterocycles. The number of sulfone groups is 1. The predicted molar refractivity (Wildman–Crippen MR) is 124 cm³/mol. The number of carbonyl (C=O) groups is 2. The van der Waals surface area contributed by atoms with Crippen LogP contribution in [0.5, 0.6) is 0 Å². The van der Waals surface area contributed by atoms with Gasteiger partial charge in [0.1, 0.15) is 5.60 Å². The lowest BCUT2D eigenvalue weighted by atomic mass is 10.1. The third-order valence-corrected chi connectivity index (χ3v) is 5.98. The Kier molecular flexibility index (Phi) is 7.71. The van der Waals surface area contributed by atoms with Crippen LogP contribution < -0.4 is 16.0 Å². The van der Waals surface area contributed by atoms with Gasteiger partial charge >= 0.3 is 12.0 Å². The zero-order valence-electron chi connectivity index (χ0n) is 19.5.